The number of hydrogen-bond donors (Lipinski definition) is 1. The van der Waals surface area contributed by atoms with Gasteiger partial charge in [-0.3, -0.25) is 0 Å². The standard InChI is InChI=1S/C17H24BrN3O/c1-13-10-15(4-5-16(13)18)19-17(22)21-9-6-14(12-21)11-20-7-2-3-8-20/h4-5,10,14H,2-3,6-9,11-12H2,1H3,(H,19,22). The molecule has 0 bridgehead atoms. The molecule has 2 heterocycles. The first-order valence-electron chi connectivity index (χ1n) is 8.16. The van der Waals surface area contributed by atoms with Gasteiger partial charge in [0, 0.05) is 29.8 Å². The van der Waals surface area contributed by atoms with Crippen molar-refractivity contribution in [2.45, 2.75) is 26.2 Å². The molecule has 1 unspecified atom stereocenters. The van der Waals surface area contributed by atoms with Crippen LogP contribution < -0.4 is 5.32 Å². The molecular formula is C17H24BrN3O. The maximum atomic E-state index is 12.4. The van der Waals surface area contributed by atoms with Crippen LogP contribution in [0.1, 0.15) is 24.8 Å². The number of amides is 2. The van der Waals surface area contributed by atoms with Crippen molar-refractivity contribution in [2.75, 3.05) is 38.0 Å². The van der Waals surface area contributed by atoms with Crippen molar-refractivity contribution in [3.8, 4) is 0 Å². The number of halogens is 1. The van der Waals surface area contributed by atoms with E-state index in [-0.39, 0.29) is 6.03 Å². The minimum absolute atomic E-state index is 0.0330. The molecule has 2 fully saturated rings. The van der Waals surface area contributed by atoms with E-state index in [0.717, 1.165) is 41.8 Å². The summed E-state index contributed by atoms with van der Waals surface area (Å²) in [6.45, 7) is 7.42. The lowest BCUT2D eigenvalue weighted by atomic mass is 10.1. The van der Waals surface area contributed by atoms with Crippen LogP contribution in [0.4, 0.5) is 10.5 Å². The van der Waals surface area contributed by atoms with Crippen LogP contribution in [0.2, 0.25) is 0 Å². The Bertz CT molecular complexity index is 543. The van der Waals surface area contributed by atoms with Gasteiger partial charge in [-0.15, -0.1) is 0 Å². The quantitative estimate of drug-likeness (QED) is 0.885. The van der Waals surface area contributed by atoms with Crippen LogP contribution in [0.5, 0.6) is 0 Å². The fraction of sp³-hybridized carbons (Fsp3) is 0.588. The van der Waals surface area contributed by atoms with Crippen LogP contribution in [0.15, 0.2) is 22.7 Å². The second kappa shape index (κ2) is 7.01. The molecule has 120 valence electrons. The molecule has 22 heavy (non-hydrogen) atoms. The van der Waals surface area contributed by atoms with Crippen LogP contribution in [-0.4, -0.2) is 48.6 Å². The van der Waals surface area contributed by atoms with Gasteiger partial charge < -0.3 is 15.1 Å². The molecule has 0 aromatic heterocycles. The van der Waals surface area contributed by atoms with Gasteiger partial charge in [-0.25, -0.2) is 4.79 Å². The number of likely N-dealkylation sites (tertiary alicyclic amines) is 2. The Morgan fingerprint density at radius 2 is 2.09 bits per heavy atom. The first-order valence-corrected chi connectivity index (χ1v) is 8.95. The number of hydrogen-bond acceptors (Lipinski definition) is 2. The third-order valence-electron chi connectivity index (χ3n) is 4.70. The second-order valence-corrected chi connectivity index (χ2v) is 7.36. The Kier molecular flexibility index (Phi) is 5.03. The van der Waals surface area contributed by atoms with Crippen molar-refractivity contribution in [1.82, 2.24) is 9.80 Å². The molecule has 3 rings (SSSR count). The van der Waals surface area contributed by atoms with Crippen LogP contribution >= 0.6 is 15.9 Å². The van der Waals surface area contributed by atoms with E-state index in [9.17, 15) is 4.79 Å². The zero-order chi connectivity index (χ0) is 15.5. The topological polar surface area (TPSA) is 35.6 Å². The Hall–Kier alpha value is -1.07. The first-order chi connectivity index (χ1) is 10.6. The molecule has 0 spiro atoms. The molecule has 2 aliphatic rings. The molecule has 0 saturated carbocycles. The van der Waals surface area contributed by atoms with E-state index in [0.29, 0.717) is 5.92 Å². The highest BCUT2D eigenvalue weighted by Gasteiger charge is 2.28. The van der Waals surface area contributed by atoms with Gasteiger partial charge in [0.2, 0.25) is 0 Å². The molecule has 0 radical (unpaired) electrons. The summed E-state index contributed by atoms with van der Waals surface area (Å²) in [6.07, 6.45) is 3.79. The number of nitrogens with zero attached hydrogens (tertiary/aromatic N) is 2. The summed E-state index contributed by atoms with van der Waals surface area (Å²) in [5.74, 6) is 0.635. The van der Waals surface area contributed by atoms with Gasteiger partial charge in [0.05, 0.1) is 0 Å². The molecule has 4 nitrogen and oxygen atoms in total. The summed E-state index contributed by atoms with van der Waals surface area (Å²) in [5.41, 5.74) is 2.00. The average molecular weight is 366 g/mol. The van der Waals surface area contributed by atoms with Crippen LogP contribution in [0, 0.1) is 12.8 Å². The van der Waals surface area contributed by atoms with Crippen LogP contribution in [0.3, 0.4) is 0 Å². The van der Waals surface area contributed by atoms with Crippen molar-refractivity contribution >= 4 is 27.6 Å². The highest BCUT2D eigenvalue weighted by Crippen LogP contribution is 2.23. The number of carbonyl (C=O) groups excluding carboxylic acids is 1. The lowest BCUT2D eigenvalue weighted by molar-refractivity contribution is 0.217. The van der Waals surface area contributed by atoms with Gasteiger partial charge in [0.15, 0.2) is 0 Å². The maximum absolute atomic E-state index is 12.4. The third kappa shape index (κ3) is 3.82. The van der Waals surface area contributed by atoms with E-state index in [1.165, 1.54) is 25.9 Å². The Morgan fingerprint density at radius 3 is 2.82 bits per heavy atom. The highest BCUT2D eigenvalue weighted by atomic mass is 79.9. The van der Waals surface area contributed by atoms with Gasteiger partial charge in [-0.2, -0.15) is 0 Å². The molecule has 1 aromatic rings. The fourth-order valence-electron chi connectivity index (χ4n) is 3.42. The van der Waals surface area contributed by atoms with E-state index in [1.54, 1.807) is 0 Å². The predicted octanol–water partition coefficient (Wildman–Crippen LogP) is 3.71. The van der Waals surface area contributed by atoms with E-state index < -0.39 is 0 Å². The molecule has 1 atom stereocenters. The summed E-state index contributed by atoms with van der Waals surface area (Å²) in [4.78, 5) is 16.9. The molecule has 1 N–H and O–H groups in total. The highest BCUT2D eigenvalue weighted by molar-refractivity contribution is 9.10. The summed E-state index contributed by atoms with van der Waals surface area (Å²) < 4.78 is 1.07. The molecular weight excluding hydrogens is 342 g/mol. The maximum Gasteiger partial charge on any atom is 0.321 e. The van der Waals surface area contributed by atoms with Crippen molar-refractivity contribution in [2.24, 2.45) is 5.92 Å². The average Bonchev–Trinajstić information content (AvgIpc) is 3.15. The number of benzene rings is 1. The Labute approximate surface area is 141 Å². The van der Waals surface area contributed by atoms with Gasteiger partial charge in [-0.05, 0) is 69.0 Å². The molecule has 2 amide bonds. The number of nitrogens with one attached hydrogen (secondary N) is 1. The Balaban J connectivity index is 1.51. The zero-order valence-corrected chi connectivity index (χ0v) is 14.7. The van der Waals surface area contributed by atoms with Gasteiger partial charge >= 0.3 is 6.03 Å². The second-order valence-electron chi connectivity index (χ2n) is 6.50. The van der Waals surface area contributed by atoms with Gasteiger partial charge in [0.1, 0.15) is 0 Å². The fourth-order valence-corrected chi connectivity index (χ4v) is 3.67. The van der Waals surface area contributed by atoms with Crippen molar-refractivity contribution in [3.05, 3.63) is 28.2 Å². The van der Waals surface area contributed by atoms with E-state index in [2.05, 4.69) is 26.1 Å². The zero-order valence-electron chi connectivity index (χ0n) is 13.1. The third-order valence-corrected chi connectivity index (χ3v) is 5.59. The van der Waals surface area contributed by atoms with Crippen molar-refractivity contribution < 1.29 is 4.79 Å². The smallest absolute Gasteiger partial charge is 0.321 e. The number of urea groups is 1. The Morgan fingerprint density at radius 1 is 1.32 bits per heavy atom. The van der Waals surface area contributed by atoms with E-state index in [1.807, 2.05) is 30.0 Å². The van der Waals surface area contributed by atoms with Crippen molar-refractivity contribution in [1.29, 1.82) is 0 Å². The number of anilines is 1. The van der Waals surface area contributed by atoms with Gasteiger partial charge in [0.25, 0.3) is 0 Å². The van der Waals surface area contributed by atoms with E-state index in [4.69, 9.17) is 0 Å². The normalized spacial score (nSPS) is 22.3. The predicted molar refractivity (Wildman–Crippen MR) is 93.3 cm³/mol. The molecule has 2 aliphatic heterocycles. The van der Waals surface area contributed by atoms with Crippen LogP contribution in [0.25, 0.3) is 0 Å². The monoisotopic (exact) mass is 365 g/mol. The summed E-state index contributed by atoms with van der Waals surface area (Å²) in [6, 6.07) is 5.95. The summed E-state index contributed by atoms with van der Waals surface area (Å²) >= 11 is 3.48. The number of rotatable bonds is 3. The minimum atomic E-state index is 0.0330. The lowest BCUT2D eigenvalue weighted by Gasteiger charge is -2.21. The first kappa shape index (κ1) is 15.8. The summed E-state index contributed by atoms with van der Waals surface area (Å²) in [7, 11) is 0. The largest absolute Gasteiger partial charge is 0.324 e. The van der Waals surface area contributed by atoms with Crippen LogP contribution in [-0.2, 0) is 0 Å². The van der Waals surface area contributed by atoms with Crippen molar-refractivity contribution in [3.63, 3.8) is 0 Å². The molecule has 0 aliphatic carbocycles. The molecule has 1 aromatic carbocycles. The molecule has 2 saturated heterocycles. The van der Waals surface area contributed by atoms with Gasteiger partial charge in [-0.1, -0.05) is 15.9 Å². The summed E-state index contributed by atoms with van der Waals surface area (Å²) in [5, 5.41) is 3.02. The lowest BCUT2D eigenvalue weighted by Crippen LogP contribution is -2.34. The SMILES string of the molecule is Cc1cc(NC(=O)N2CCC(CN3CCCC3)C2)ccc1Br. The van der Waals surface area contributed by atoms with E-state index >= 15 is 0 Å². The molecule has 5 heteroatoms. The minimum Gasteiger partial charge on any atom is -0.324 e. The number of aryl methyl sites for hydroxylation is 1. The number of carbonyl (C=O) groups is 1.